The molecular formula is C22H20N4O3. The third kappa shape index (κ3) is 4.40. The van der Waals surface area contributed by atoms with Crippen molar-refractivity contribution in [2.75, 3.05) is 6.54 Å². The van der Waals surface area contributed by atoms with E-state index in [1.165, 1.54) is 12.3 Å². The number of furan rings is 1. The first-order chi connectivity index (χ1) is 14.2. The van der Waals surface area contributed by atoms with Crippen LogP contribution in [0.5, 0.6) is 0 Å². The van der Waals surface area contributed by atoms with Crippen LogP contribution < -0.4 is 0 Å². The van der Waals surface area contributed by atoms with E-state index in [-0.39, 0.29) is 12.5 Å². The number of para-hydroxylation sites is 1. The summed E-state index contributed by atoms with van der Waals surface area (Å²) in [4.78, 5) is 18.9. The van der Waals surface area contributed by atoms with Gasteiger partial charge in [-0.15, -0.1) is 10.2 Å². The Bertz CT molecular complexity index is 1130. The first-order valence-electron chi connectivity index (χ1n) is 9.42. The van der Waals surface area contributed by atoms with Gasteiger partial charge in [0.25, 0.3) is 5.89 Å². The second-order valence-electron chi connectivity index (χ2n) is 6.50. The summed E-state index contributed by atoms with van der Waals surface area (Å²) in [6.45, 7) is 2.82. The van der Waals surface area contributed by atoms with E-state index in [0.717, 1.165) is 23.0 Å². The highest BCUT2D eigenvalue weighted by molar-refractivity contribution is 5.92. The minimum Gasteiger partial charge on any atom is -0.459 e. The van der Waals surface area contributed by atoms with Crippen molar-refractivity contribution >= 4 is 22.9 Å². The first kappa shape index (κ1) is 18.6. The Morgan fingerprint density at radius 2 is 2.00 bits per heavy atom. The van der Waals surface area contributed by atoms with Crippen LogP contribution >= 0.6 is 0 Å². The second kappa shape index (κ2) is 8.52. The van der Waals surface area contributed by atoms with Crippen LogP contribution in [0.3, 0.4) is 0 Å². The van der Waals surface area contributed by atoms with Crippen molar-refractivity contribution < 1.29 is 13.6 Å². The fourth-order valence-electron chi connectivity index (χ4n) is 2.95. The molecule has 0 bridgehead atoms. The van der Waals surface area contributed by atoms with Crippen LogP contribution in [-0.4, -0.2) is 32.5 Å². The summed E-state index contributed by atoms with van der Waals surface area (Å²) in [7, 11) is 0. The largest absolute Gasteiger partial charge is 0.459 e. The summed E-state index contributed by atoms with van der Waals surface area (Å²) in [5.74, 6) is 1.01. The maximum atomic E-state index is 12.7. The molecule has 0 radical (unpaired) electrons. The third-order valence-corrected chi connectivity index (χ3v) is 4.35. The molecule has 0 atom stereocenters. The Hall–Kier alpha value is -3.74. The molecule has 1 amide bonds. The quantitative estimate of drug-likeness (QED) is 0.438. The highest BCUT2D eigenvalue weighted by atomic mass is 16.4. The molecule has 1 aromatic carbocycles. The summed E-state index contributed by atoms with van der Waals surface area (Å²) in [5, 5.41) is 9.06. The summed E-state index contributed by atoms with van der Waals surface area (Å²) < 4.78 is 10.9. The average Bonchev–Trinajstić information content (AvgIpc) is 3.43. The number of amides is 1. The molecule has 0 saturated heterocycles. The van der Waals surface area contributed by atoms with Gasteiger partial charge in [-0.05, 0) is 36.8 Å². The lowest BCUT2D eigenvalue weighted by molar-refractivity contribution is -0.126. The maximum absolute atomic E-state index is 12.7. The number of hydrogen-bond acceptors (Lipinski definition) is 6. The minimum absolute atomic E-state index is 0.139. The number of benzene rings is 1. The van der Waals surface area contributed by atoms with Crippen LogP contribution in [0.15, 0.2) is 69.7 Å². The number of hydrogen-bond donors (Lipinski definition) is 0. The highest BCUT2D eigenvalue weighted by Gasteiger charge is 2.16. The molecule has 7 nitrogen and oxygen atoms in total. The third-order valence-electron chi connectivity index (χ3n) is 4.35. The van der Waals surface area contributed by atoms with Crippen LogP contribution in [0, 0.1) is 0 Å². The van der Waals surface area contributed by atoms with E-state index in [2.05, 4.69) is 15.2 Å². The zero-order valence-corrected chi connectivity index (χ0v) is 16.0. The Kier molecular flexibility index (Phi) is 5.47. The zero-order valence-electron chi connectivity index (χ0n) is 16.0. The van der Waals surface area contributed by atoms with Crippen LogP contribution in [0.2, 0.25) is 0 Å². The normalized spacial score (nSPS) is 11.3. The second-order valence-corrected chi connectivity index (χ2v) is 6.50. The van der Waals surface area contributed by atoms with Crippen LogP contribution in [0.25, 0.3) is 28.6 Å². The van der Waals surface area contributed by atoms with E-state index in [9.17, 15) is 4.79 Å². The van der Waals surface area contributed by atoms with Gasteiger partial charge in [0.2, 0.25) is 11.8 Å². The standard InChI is InChI=1S/C22H20N4O3/c1-2-13-26(15-20-24-25-22(29-20)19-8-5-14-28-19)21(27)12-11-17-10-9-16-6-3-4-7-18(16)23-17/h3-12,14H,2,13,15H2,1H3/b12-11+. The van der Waals surface area contributed by atoms with Crippen LogP contribution in [0.1, 0.15) is 24.9 Å². The SMILES string of the molecule is CCCN(Cc1nnc(-c2ccco2)o1)C(=O)/C=C/c1ccc2ccccc2n1. The van der Waals surface area contributed by atoms with Crippen molar-refractivity contribution in [1.82, 2.24) is 20.1 Å². The molecule has 3 heterocycles. The zero-order chi connectivity index (χ0) is 20.1. The van der Waals surface area contributed by atoms with Crippen molar-refractivity contribution in [1.29, 1.82) is 0 Å². The number of carbonyl (C=O) groups is 1. The van der Waals surface area contributed by atoms with Gasteiger partial charge in [-0.1, -0.05) is 31.2 Å². The Morgan fingerprint density at radius 3 is 2.83 bits per heavy atom. The van der Waals surface area contributed by atoms with Gasteiger partial charge in [-0.25, -0.2) is 4.98 Å². The molecule has 0 aliphatic heterocycles. The van der Waals surface area contributed by atoms with Crippen molar-refractivity contribution in [3.05, 3.63) is 72.5 Å². The summed E-state index contributed by atoms with van der Waals surface area (Å²) in [5.41, 5.74) is 1.62. The predicted molar refractivity (Wildman–Crippen MR) is 108 cm³/mol. The van der Waals surface area contributed by atoms with Gasteiger partial charge in [0.15, 0.2) is 5.76 Å². The number of aromatic nitrogens is 3. The molecule has 146 valence electrons. The number of rotatable bonds is 7. The molecule has 29 heavy (non-hydrogen) atoms. The molecular weight excluding hydrogens is 368 g/mol. The van der Waals surface area contributed by atoms with E-state index in [4.69, 9.17) is 8.83 Å². The molecule has 0 N–H and O–H groups in total. The molecule has 0 saturated carbocycles. The lowest BCUT2D eigenvalue weighted by atomic mass is 10.2. The molecule has 3 aromatic heterocycles. The Labute approximate surface area is 167 Å². The van der Waals surface area contributed by atoms with Crippen molar-refractivity contribution in [2.45, 2.75) is 19.9 Å². The first-order valence-corrected chi connectivity index (χ1v) is 9.42. The minimum atomic E-state index is -0.139. The van der Waals surface area contributed by atoms with E-state index >= 15 is 0 Å². The van der Waals surface area contributed by atoms with Crippen molar-refractivity contribution in [3.8, 4) is 11.7 Å². The van der Waals surface area contributed by atoms with Gasteiger partial charge in [-0.2, -0.15) is 0 Å². The number of pyridine rings is 1. The molecule has 0 aliphatic carbocycles. The summed E-state index contributed by atoms with van der Waals surface area (Å²) in [6.07, 6.45) is 5.60. The number of nitrogens with zero attached hydrogens (tertiary/aromatic N) is 4. The van der Waals surface area contributed by atoms with Crippen LogP contribution in [0.4, 0.5) is 0 Å². The molecule has 4 rings (SSSR count). The van der Waals surface area contributed by atoms with Crippen LogP contribution in [-0.2, 0) is 11.3 Å². The average molecular weight is 388 g/mol. The fourth-order valence-corrected chi connectivity index (χ4v) is 2.95. The predicted octanol–water partition coefficient (Wildman–Crippen LogP) is 4.33. The lowest BCUT2D eigenvalue weighted by Crippen LogP contribution is -2.29. The van der Waals surface area contributed by atoms with E-state index in [1.54, 1.807) is 23.1 Å². The van der Waals surface area contributed by atoms with Gasteiger partial charge in [0, 0.05) is 18.0 Å². The molecule has 0 unspecified atom stereocenters. The highest BCUT2D eigenvalue weighted by Crippen LogP contribution is 2.19. The van der Waals surface area contributed by atoms with Gasteiger partial charge < -0.3 is 13.7 Å². The molecule has 0 spiro atoms. The topological polar surface area (TPSA) is 85.3 Å². The molecule has 7 heteroatoms. The number of fused-ring (bicyclic) bond motifs is 1. The Morgan fingerprint density at radius 1 is 1.10 bits per heavy atom. The van der Waals surface area contributed by atoms with Crippen molar-refractivity contribution in [3.63, 3.8) is 0 Å². The Balaban J connectivity index is 1.47. The van der Waals surface area contributed by atoms with Crippen molar-refractivity contribution in [2.24, 2.45) is 0 Å². The van der Waals surface area contributed by atoms with Gasteiger partial charge >= 0.3 is 0 Å². The van der Waals surface area contributed by atoms with Gasteiger partial charge in [0.1, 0.15) is 0 Å². The molecule has 4 aromatic rings. The fraction of sp³-hybridized carbons (Fsp3) is 0.182. The number of carbonyl (C=O) groups excluding carboxylic acids is 1. The molecule has 0 aliphatic rings. The van der Waals surface area contributed by atoms with E-state index < -0.39 is 0 Å². The monoisotopic (exact) mass is 388 g/mol. The summed E-state index contributed by atoms with van der Waals surface area (Å²) >= 11 is 0. The van der Waals surface area contributed by atoms with E-state index in [1.807, 2.05) is 43.3 Å². The van der Waals surface area contributed by atoms with E-state index in [0.29, 0.717) is 24.1 Å². The maximum Gasteiger partial charge on any atom is 0.283 e. The lowest BCUT2D eigenvalue weighted by Gasteiger charge is -2.18. The molecule has 0 fully saturated rings. The summed E-state index contributed by atoms with van der Waals surface area (Å²) in [6, 6.07) is 15.2. The smallest absolute Gasteiger partial charge is 0.283 e. The van der Waals surface area contributed by atoms with Gasteiger partial charge in [0.05, 0.1) is 24.0 Å². The van der Waals surface area contributed by atoms with Gasteiger partial charge in [-0.3, -0.25) is 4.79 Å².